The van der Waals surface area contributed by atoms with E-state index in [0.717, 1.165) is 5.69 Å². The molecule has 54 valence electrons. The second-order valence-electron chi connectivity index (χ2n) is 1.99. The Kier molecular flexibility index (Phi) is 2.02. The molecule has 2 nitrogen and oxygen atoms in total. The molecule has 1 rings (SSSR count). The molecule has 1 aromatic carbocycles. The van der Waals surface area contributed by atoms with Gasteiger partial charge in [0.1, 0.15) is 0 Å². The zero-order valence-electron chi connectivity index (χ0n) is 5.69. The summed E-state index contributed by atoms with van der Waals surface area (Å²) >= 11 is 5.68. The van der Waals surface area contributed by atoms with Crippen LogP contribution in [0.4, 0.5) is 11.4 Å². The first kappa shape index (κ1) is 7.22. The van der Waals surface area contributed by atoms with Crippen LogP contribution >= 0.6 is 11.6 Å². The van der Waals surface area contributed by atoms with Crippen LogP contribution in [-0.2, 0) is 0 Å². The van der Waals surface area contributed by atoms with Gasteiger partial charge >= 0.3 is 0 Å². The molecule has 0 aliphatic carbocycles. The summed E-state index contributed by atoms with van der Waals surface area (Å²) in [5.74, 6) is 0. The van der Waals surface area contributed by atoms with Crippen molar-refractivity contribution in [2.45, 2.75) is 0 Å². The Bertz CT molecular complexity index is 235. The minimum atomic E-state index is 0.596. The summed E-state index contributed by atoms with van der Waals surface area (Å²) in [5.41, 5.74) is 7.10. The summed E-state index contributed by atoms with van der Waals surface area (Å²) in [6.45, 7) is 0. The van der Waals surface area contributed by atoms with Crippen LogP contribution in [-0.4, -0.2) is 7.05 Å². The molecule has 0 bridgehead atoms. The molecule has 0 aromatic heterocycles. The fourth-order valence-corrected chi connectivity index (χ4v) is 0.817. The lowest BCUT2D eigenvalue weighted by atomic mass is 10.3. The van der Waals surface area contributed by atoms with Crippen LogP contribution in [0.2, 0.25) is 5.02 Å². The largest absolute Gasteiger partial charge is 0.397 e. The summed E-state index contributed by atoms with van der Waals surface area (Å²) in [4.78, 5) is 0. The number of nitrogen functional groups attached to an aromatic ring is 1. The maximum absolute atomic E-state index is 5.68. The molecule has 0 heterocycles. The molecule has 0 fully saturated rings. The molecule has 10 heavy (non-hydrogen) atoms. The molecule has 3 N–H and O–H groups in total. The van der Waals surface area contributed by atoms with E-state index in [9.17, 15) is 0 Å². The minimum Gasteiger partial charge on any atom is -0.397 e. The molecule has 0 spiro atoms. The topological polar surface area (TPSA) is 38.0 Å². The summed E-state index contributed by atoms with van der Waals surface area (Å²) in [7, 11) is 1.84. The van der Waals surface area contributed by atoms with Gasteiger partial charge in [-0.05, 0) is 18.2 Å². The maximum Gasteiger partial charge on any atom is 0.0636 e. The SMILES string of the molecule is CNc1ccc(Cl)c(N)c1. The van der Waals surface area contributed by atoms with E-state index < -0.39 is 0 Å². The summed E-state index contributed by atoms with van der Waals surface area (Å²) in [6.07, 6.45) is 0. The highest BCUT2D eigenvalue weighted by Gasteiger charge is 1.94. The van der Waals surface area contributed by atoms with E-state index in [1.807, 2.05) is 13.1 Å². The second kappa shape index (κ2) is 2.80. The van der Waals surface area contributed by atoms with Crippen LogP contribution in [0, 0.1) is 0 Å². The van der Waals surface area contributed by atoms with Crippen LogP contribution in [0.25, 0.3) is 0 Å². The number of rotatable bonds is 1. The number of benzene rings is 1. The molecule has 1 aromatic rings. The molecule has 0 saturated carbocycles. The average Bonchev–Trinajstić information content (AvgIpc) is 1.95. The van der Waals surface area contributed by atoms with Crippen molar-refractivity contribution in [3.05, 3.63) is 23.2 Å². The molecular formula is C7H9ClN2. The Morgan fingerprint density at radius 3 is 2.70 bits per heavy atom. The van der Waals surface area contributed by atoms with Gasteiger partial charge in [-0.1, -0.05) is 11.6 Å². The van der Waals surface area contributed by atoms with E-state index >= 15 is 0 Å². The summed E-state index contributed by atoms with van der Waals surface area (Å²) < 4.78 is 0. The van der Waals surface area contributed by atoms with Crippen molar-refractivity contribution in [1.29, 1.82) is 0 Å². The van der Waals surface area contributed by atoms with Gasteiger partial charge in [0, 0.05) is 12.7 Å². The smallest absolute Gasteiger partial charge is 0.0636 e. The Hall–Kier alpha value is -0.890. The minimum absolute atomic E-state index is 0.596. The fraction of sp³-hybridized carbons (Fsp3) is 0.143. The quantitative estimate of drug-likeness (QED) is 0.611. The van der Waals surface area contributed by atoms with Crippen LogP contribution in [0.3, 0.4) is 0 Å². The van der Waals surface area contributed by atoms with Crippen LogP contribution < -0.4 is 11.1 Å². The van der Waals surface area contributed by atoms with Gasteiger partial charge in [0.05, 0.1) is 10.7 Å². The van der Waals surface area contributed by atoms with Crippen molar-refractivity contribution in [1.82, 2.24) is 0 Å². The lowest BCUT2D eigenvalue weighted by molar-refractivity contribution is 1.51. The van der Waals surface area contributed by atoms with Gasteiger partial charge < -0.3 is 11.1 Å². The monoisotopic (exact) mass is 156 g/mol. The maximum atomic E-state index is 5.68. The number of anilines is 2. The number of nitrogens with one attached hydrogen (secondary N) is 1. The molecule has 0 unspecified atom stereocenters. The predicted octanol–water partition coefficient (Wildman–Crippen LogP) is 1.96. The zero-order chi connectivity index (χ0) is 7.56. The van der Waals surface area contributed by atoms with Crippen LogP contribution in [0.1, 0.15) is 0 Å². The van der Waals surface area contributed by atoms with Gasteiger partial charge in [-0.2, -0.15) is 0 Å². The number of hydrogen-bond donors (Lipinski definition) is 2. The highest BCUT2D eigenvalue weighted by Crippen LogP contribution is 2.21. The third kappa shape index (κ3) is 1.33. The van der Waals surface area contributed by atoms with Gasteiger partial charge in [-0.25, -0.2) is 0 Å². The van der Waals surface area contributed by atoms with Crippen molar-refractivity contribution >= 4 is 23.0 Å². The fourth-order valence-electron chi connectivity index (χ4n) is 0.699. The normalized spacial score (nSPS) is 9.40. The first-order valence-electron chi connectivity index (χ1n) is 2.97. The van der Waals surface area contributed by atoms with E-state index in [1.54, 1.807) is 12.1 Å². The van der Waals surface area contributed by atoms with Crippen molar-refractivity contribution in [3.8, 4) is 0 Å². The molecule has 0 aliphatic rings. The lowest BCUT2D eigenvalue weighted by Gasteiger charge is -2.01. The van der Waals surface area contributed by atoms with Crippen LogP contribution in [0.5, 0.6) is 0 Å². The van der Waals surface area contributed by atoms with Gasteiger partial charge in [0.25, 0.3) is 0 Å². The lowest BCUT2D eigenvalue weighted by Crippen LogP contribution is -1.91. The first-order chi connectivity index (χ1) is 4.74. The Labute approximate surface area is 65.0 Å². The molecule has 0 radical (unpaired) electrons. The van der Waals surface area contributed by atoms with Crippen LogP contribution in [0.15, 0.2) is 18.2 Å². The van der Waals surface area contributed by atoms with Gasteiger partial charge in [-0.15, -0.1) is 0 Å². The third-order valence-corrected chi connectivity index (χ3v) is 1.63. The average molecular weight is 157 g/mol. The van der Waals surface area contributed by atoms with Gasteiger partial charge in [0.15, 0.2) is 0 Å². The molecule has 3 heteroatoms. The van der Waals surface area contributed by atoms with Crippen molar-refractivity contribution in [2.75, 3.05) is 18.1 Å². The van der Waals surface area contributed by atoms with Gasteiger partial charge in [0.2, 0.25) is 0 Å². The summed E-state index contributed by atoms with van der Waals surface area (Å²) in [5, 5.41) is 3.55. The first-order valence-corrected chi connectivity index (χ1v) is 3.34. The van der Waals surface area contributed by atoms with Crippen molar-refractivity contribution < 1.29 is 0 Å². The highest BCUT2D eigenvalue weighted by molar-refractivity contribution is 6.33. The van der Waals surface area contributed by atoms with E-state index in [2.05, 4.69) is 5.32 Å². The zero-order valence-corrected chi connectivity index (χ0v) is 6.44. The number of nitrogens with two attached hydrogens (primary N) is 1. The highest BCUT2D eigenvalue weighted by atomic mass is 35.5. The third-order valence-electron chi connectivity index (χ3n) is 1.28. The Morgan fingerprint density at radius 1 is 1.50 bits per heavy atom. The Morgan fingerprint density at radius 2 is 2.20 bits per heavy atom. The van der Waals surface area contributed by atoms with E-state index in [1.165, 1.54) is 0 Å². The Balaban J connectivity index is 3.04. The van der Waals surface area contributed by atoms with Crippen molar-refractivity contribution in [2.24, 2.45) is 0 Å². The standard InChI is InChI=1S/C7H9ClN2/c1-10-5-2-3-6(8)7(9)4-5/h2-4,10H,9H2,1H3. The molecule has 0 saturated heterocycles. The molecular weight excluding hydrogens is 148 g/mol. The summed E-state index contributed by atoms with van der Waals surface area (Å²) in [6, 6.07) is 5.43. The van der Waals surface area contributed by atoms with E-state index in [-0.39, 0.29) is 0 Å². The van der Waals surface area contributed by atoms with E-state index in [0.29, 0.717) is 10.7 Å². The molecule has 0 atom stereocenters. The number of halogens is 1. The molecule has 0 amide bonds. The van der Waals surface area contributed by atoms with Gasteiger partial charge in [-0.3, -0.25) is 0 Å². The predicted molar refractivity (Wildman–Crippen MR) is 45.4 cm³/mol. The van der Waals surface area contributed by atoms with E-state index in [4.69, 9.17) is 17.3 Å². The number of hydrogen-bond acceptors (Lipinski definition) is 2. The second-order valence-corrected chi connectivity index (χ2v) is 2.39. The molecule has 0 aliphatic heterocycles. The van der Waals surface area contributed by atoms with Crippen molar-refractivity contribution in [3.63, 3.8) is 0 Å².